The highest BCUT2D eigenvalue weighted by Crippen LogP contribution is 2.35. The van der Waals surface area contributed by atoms with E-state index in [1.54, 1.807) is 9.47 Å². The second kappa shape index (κ2) is 7.28. The van der Waals surface area contributed by atoms with Gasteiger partial charge >= 0.3 is 6.18 Å². The molecule has 1 N–H and O–H groups in total. The van der Waals surface area contributed by atoms with Gasteiger partial charge in [0.1, 0.15) is 28.8 Å². The number of phenols is 1. The van der Waals surface area contributed by atoms with E-state index in [9.17, 15) is 27.9 Å². The Bertz CT molecular complexity index is 1120. The molecule has 0 atom stereocenters. The van der Waals surface area contributed by atoms with Crippen molar-refractivity contribution in [2.75, 3.05) is 13.1 Å². The van der Waals surface area contributed by atoms with Crippen LogP contribution >= 0.6 is 11.6 Å². The number of aromatic hydroxyl groups is 1. The molecule has 0 amide bonds. The van der Waals surface area contributed by atoms with Crippen molar-refractivity contribution in [3.8, 4) is 5.75 Å². The van der Waals surface area contributed by atoms with Gasteiger partial charge in [0.15, 0.2) is 5.78 Å². The molecular formula is C19H14ClF3N4O3. The summed E-state index contributed by atoms with van der Waals surface area (Å²) in [7, 11) is 0. The van der Waals surface area contributed by atoms with E-state index in [0.717, 1.165) is 12.1 Å². The number of fused-ring (bicyclic) bond motifs is 1. The molecule has 2 aliphatic rings. The number of hydrogen-bond donors (Lipinski definition) is 1. The Kier molecular flexibility index (Phi) is 4.89. The normalized spacial score (nSPS) is 16.8. The molecule has 156 valence electrons. The van der Waals surface area contributed by atoms with E-state index in [-0.39, 0.29) is 36.1 Å². The monoisotopic (exact) mass is 438 g/mol. The third-order valence-electron chi connectivity index (χ3n) is 4.91. The number of aromatic nitrogens is 2. The molecule has 1 aromatic carbocycles. The van der Waals surface area contributed by atoms with Crippen molar-refractivity contribution in [3.63, 3.8) is 0 Å². The summed E-state index contributed by atoms with van der Waals surface area (Å²) in [4.78, 5) is 34.6. The van der Waals surface area contributed by atoms with Crippen molar-refractivity contribution in [3.05, 3.63) is 57.8 Å². The molecule has 11 heteroatoms. The standard InChI is InChI=1S/C19H14ClF3N4O3/c20-17-13(6-24-8-15(17)29)26-3-4-27-14(7-25-16(27)9-26)18(30)11-2-1-10(28)5-12(11)19(21,22)23/h1-2,5-7,28H,3-4,8-9H2. The van der Waals surface area contributed by atoms with Crippen LogP contribution in [0.15, 0.2) is 40.1 Å². The Labute approximate surface area is 173 Å². The number of alkyl halides is 3. The van der Waals surface area contributed by atoms with Crippen LogP contribution in [0.2, 0.25) is 0 Å². The van der Waals surface area contributed by atoms with Crippen molar-refractivity contribution in [1.29, 1.82) is 0 Å². The van der Waals surface area contributed by atoms with Gasteiger partial charge in [0.25, 0.3) is 0 Å². The maximum Gasteiger partial charge on any atom is 0.417 e. The number of aliphatic imine (C=N–C) groups is 1. The molecule has 0 saturated carbocycles. The first-order valence-corrected chi connectivity index (χ1v) is 9.21. The van der Waals surface area contributed by atoms with Crippen LogP contribution in [0, 0.1) is 0 Å². The largest absolute Gasteiger partial charge is 0.508 e. The zero-order valence-electron chi connectivity index (χ0n) is 15.3. The molecular weight excluding hydrogens is 425 g/mol. The van der Waals surface area contributed by atoms with Gasteiger partial charge in [-0.1, -0.05) is 11.6 Å². The summed E-state index contributed by atoms with van der Waals surface area (Å²) in [6.07, 6.45) is -2.08. The molecule has 0 spiro atoms. The highest BCUT2D eigenvalue weighted by atomic mass is 35.5. The van der Waals surface area contributed by atoms with Gasteiger partial charge in [-0.2, -0.15) is 13.2 Å². The SMILES string of the molecule is O=C1CN=CC(N2CCn3c(C(=O)c4ccc(O)cc4C(F)(F)F)cnc3C2)=C1Cl. The van der Waals surface area contributed by atoms with E-state index < -0.39 is 28.8 Å². The maximum atomic E-state index is 13.3. The van der Waals surface area contributed by atoms with Crippen molar-refractivity contribution in [2.24, 2.45) is 4.99 Å². The summed E-state index contributed by atoms with van der Waals surface area (Å²) in [6, 6.07) is 2.51. The fourth-order valence-electron chi connectivity index (χ4n) is 3.45. The topological polar surface area (TPSA) is 87.8 Å². The Balaban J connectivity index is 1.66. The molecule has 2 aromatic rings. The summed E-state index contributed by atoms with van der Waals surface area (Å²) in [5.74, 6) is -1.29. The number of imidazole rings is 1. The Morgan fingerprint density at radius 3 is 2.73 bits per heavy atom. The number of carbonyl (C=O) groups is 2. The lowest BCUT2D eigenvalue weighted by Crippen LogP contribution is -2.36. The lowest BCUT2D eigenvalue weighted by atomic mass is 10.0. The molecule has 7 nitrogen and oxygen atoms in total. The third kappa shape index (κ3) is 3.47. The molecule has 2 aliphatic heterocycles. The summed E-state index contributed by atoms with van der Waals surface area (Å²) < 4.78 is 41.6. The van der Waals surface area contributed by atoms with Gasteiger partial charge in [0.2, 0.25) is 5.78 Å². The van der Waals surface area contributed by atoms with Crippen molar-refractivity contribution < 1.29 is 27.9 Å². The number of allylic oxidation sites excluding steroid dienone is 1. The molecule has 0 bridgehead atoms. The minimum atomic E-state index is -4.80. The Morgan fingerprint density at radius 1 is 1.23 bits per heavy atom. The first kappa shape index (κ1) is 20.1. The van der Waals surface area contributed by atoms with E-state index in [4.69, 9.17) is 11.6 Å². The second-order valence-corrected chi connectivity index (χ2v) is 7.16. The Morgan fingerprint density at radius 2 is 2.00 bits per heavy atom. The predicted molar refractivity (Wildman–Crippen MR) is 100 cm³/mol. The van der Waals surface area contributed by atoms with E-state index in [2.05, 4.69) is 9.98 Å². The number of phenolic OH excluding ortho intramolecular Hbond substituents is 1. The average Bonchev–Trinajstić information content (AvgIpc) is 3.12. The highest BCUT2D eigenvalue weighted by Gasteiger charge is 2.37. The lowest BCUT2D eigenvalue weighted by molar-refractivity contribution is -0.138. The van der Waals surface area contributed by atoms with Crippen LogP contribution in [-0.2, 0) is 24.1 Å². The number of nitrogens with zero attached hydrogens (tertiary/aromatic N) is 4. The number of benzene rings is 1. The summed E-state index contributed by atoms with van der Waals surface area (Å²) >= 11 is 6.09. The zero-order valence-corrected chi connectivity index (χ0v) is 16.0. The molecule has 4 rings (SSSR count). The highest BCUT2D eigenvalue weighted by molar-refractivity contribution is 6.44. The van der Waals surface area contributed by atoms with Crippen LogP contribution in [0.5, 0.6) is 5.75 Å². The van der Waals surface area contributed by atoms with Gasteiger partial charge in [-0.25, -0.2) is 4.98 Å². The third-order valence-corrected chi connectivity index (χ3v) is 5.31. The van der Waals surface area contributed by atoms with Gasteiger partial charge in [0, 0.05) is 24.9 Å². The molecule has 0 aliphatic carbocycles. The summed E-state index contributed by atoms with van der Waals surface area (Å²) in [5, 5.41) is 9.48. The van der Waals surface area contributed by atoms with Gasteiger partial charge in [0.05, 0.1) is 24.0 Å². The minimum absolute atomic E-state index is 0.00861. The van der Waals surface area contributed by atoms with E-state index in [1.807, 2.05) is 0 Å². The Hall–Kier alpha value is -3.14. The maximum absolute atomic E-state index is 13.3. The average molecular weight is 439 g/mol. The van der Waals surface area contributed by atoms with Gasteiger partial charge in [-0.15, -0.1) is 0 Å². The smallest absolute Gasteiger partial charge is 0.417 e. The van der Waals surface area contributed by atoms with Gasteiger partial charge < -0.3 is 14.6 Å². The van der Waals surface area contributed by atoms with Gasteiger partial charge in [-0.3, -0.25) is 14.6 Å². The lowest BCUT2D eigenvalue weighted by Gasteiger charge is -2.31. The number of hydrogen-bond acceptors (Lipinski definition) is 6. The number of carbonyl (C=O) groups excluding carboxylic acids is 2. The number of halogens is 4. The minimum Gasteiger partial charge on any atom is -0.508 e. The number of ketones is 2. The van der Waals surface area contributed by atoms with Gasteiger partial charge in [-0.05, 0) is 18.2 Å². The molecule has 1 aromatic heterocycles. The van der Waals surface area contributed by atoms with Crippen LogP contribution in [-0.4, -0.2) is 50.4 Å². The van der Waals surface area contributed by atoms with Crippen LogP contribution in [0.3, 0.4) is 0 Å². The van der Waals surface area contributed by atoms with E-state index in [1.165, 1.54) is 12.4 Å². The van der Waals surface area contributed by atoms with E-state index >= 15 is 0 Å². The predicted octanol–water partition coefficient (Wildman–Crippen LogP) is 2.76. The second-order valence-electron chi connectivity index (χ2n) is 6.78. The first-order valence-electron chi connectivity index (χ1n) is 8.84. The molecule has 30 heavy (non-hydrogen) atoms. The first-order chi connectivity index (χ1) is 14.2. The van der Waals surface area contributed by atoms with Crippen molar-refractivity contribution in [1.82, 2.24) is 14.5 Å². The quantitative estimate of drug-likeness (QED) is 0.744. The summed E-state index contributed by atoms with van der Waals surface area (Å²) in [5.41, 5.74) is -1.32. The number of dihydropyridines is 1. The number of Topliss-reactive ketones (excluding diaryl/α,β-unsaturated/α-hetero) is 1. The van der Waals surface area contributed by atoms with Crippen LogP contribution in [0.1, 0.15) is 27.4 Å². The van der Waals surface area contributed by atoms with Crippen molar-refractivity contribution in [2.45, 2.75) is 19.3 Å². The molecule has 0 unspecified atom stereocenters. The molecule has 3 heterocycles. The molecule has 0 saturated heterocycles. The van der Waals surface area contributed by atoms with Crippen LogP contribution < -0.4 is 0 Å². The fourth-order valence-corrected chi connectivity index (χ4v) is 3.68. The van der Waals surface area contributed by atoms with Crippen LogP contribution in [0.25, 0.3) is 0 Å². The van der Waals surface area contributed by atoms with Crippen molar-refractivity contribution >= 4 is 29.4 Å². The van der Waals surface area contributed by atoms with Crippen LogP contribution in [0.4, 0.5) is 13.2 Å². The molecule has 0 radical (unpaired) electrons. The van der Waals surface area contributed by atoms with E-state index in [0.29, 0.717) is 24.1 Å². The zero-order chi connectivity index (χ0) is 21.6. The summed E-state index contributed by atoms with van der Waals surface area (Å²) in [6.45, 7) is 0.805. The fraction of sp³-hybridized carbons (Fsp3) is 0.263. The molecule has 0 fully saturated rings. The number of rotatable bonds is 3.